The number of allylic oxidation sites excluding steroid dienone is 1. The van der Waals surface area contributed by atoms with Crippen molar-refractivity contribution in [3.8, 4) is 5.75 Å². The Morgan fingerprint density at radius 2 is 2.26 bits per heavy atom. The van der Waals surface area contributed by atoms with E-state index in [9.17, 15) is 4.79 Å². The Morgan fingerprint density at radius 1 is 1.41 bits per heavy atom. The highest BCUT2D eigenvalue weighted by Gasteiger charge is 2.53. The van der Waals surface area contributed by atoms with Crippen molar-refractivity contribution in [1.82, 2.24) is 4.57 Å². The zero-order valence-corrected chi connectivity index (χ0v) is 16.5. The van der Waals surface area contributed by atoms with Crippen LogP contribution in [0, 0.1) is 23.2 Å². The third-order valence-electron chi connectivity index (χ3n) is 7.30. The van der Waals surface area contributed by atoms with E-state index in [1.54, 1.807) is 23.9 Å². The molecule has 5 atom stereocenters. The van der Waals surface area contributed by atoms with Gasteiger partial charge in [-0.1, -0.05) is 19.1 Å². The molecule has 2 saturated carbocycles. The number of hydrogen-bond acceptors (Lipinski definition) is 4. The summed E-state index contributed by atoms with van der Waals surface area (Å²) in [6, 6.07) is 3.41. The molecule has 0 bridgehead atoms. The molecule has 2 aliphatic carbocycles. The summed E-state index contributed by atoms with van der Waals surface area (Å²) in [6.45, 7) is 8.74. The van der Waals surface area contributed by atoms with Gasteiger partial charge in [-0.25, -0.2) is 0 Å². The Morgan fingerprint density at radius 3 is 3.07 bits per heavy atom. The van der Waals surface area contributed by atoms with Gasteiger partial charge in [-0.3, -0.25) is 4.79 Å². The number of aromatic nitrogens is 1. The number of nitrogens with zero attached hydrogens (tertiary/aromatic N) is 1. The predicted octanol–water partition coefficient (Wildman–Crippen LogP) is 3.53. The third kappa shape index (κ3) is 3.47. The van der Waals surface area contributed by atoms with Crippen molar-refractivity contribution in [2.45, 2.75) is 45.1 Å². The molecule has 1 aromatic heterocycles. The monoisotopic (exact) mass is 373 g/mol. The van der Waals surface area contributed by atoms with Crippen LogP contribution in [0.1, 0.15) is 39.0 Å². The van der Waals surface area contributed by atoms with Crippen LogP contribution in [0.15, 0.2) is 35.3 Å². The van der Waals surface area contributed by atoms with Crippen molar-refractivity contribution >= 4 is 0 Å². The maximum Gasteiger partial charge on any atom is 0.253 e. The van der Waals surface area contributed by atoms with Crippen molar-refractivity contribution in [2.24, 2.45) is 30.2 Å². The first-order valence-electron chi connectivity index (χ1n) is 10.2. The van der Waals surface area contributed by atoms with Crippen LogP contribution in [0.25, 0.3) is 0 Å². The summed E-state index contributed by atoms with van der Waals surface area (Å²) in [4.78, 5) is 11.8. The SMILES string of the molecule is C=C1CCC2C3COCOC3CCC2(C)C1CCOc1ccn(C)c(=O)c1. The lowest BCUT2D eigenvalue weighted by Gasteiger charge is -2.57. The first kappa shape index (κ1) is 18.8. The van der Waals surface area contributed by atoms with Gasteiger partial charge in [-0.2, -0.15) is 0 Å². The van der Waals surface area contributed by atoms with Gasteiger partial charge in [0.05, 0.1) is 19.3 Å². The Balaban J connectivity index is 1.45. The van der Waals surface area contributed by atoms with Crippen LogP contribution in [0.2, 0.25) is 0 Å². The average molecular weight is 373 g/mol. The molecular weight excluding hydrogens is 342 g/mol. The van der Waals surface area contributed by atoms with Crippen LogP contribution >= 0.6 is 0 Å². The molecule has 27 heavy (non-hydrogen) atoms. The number of aryl methyl sites for hydroxylation is 1. The number of pyridine rings is 1. The van der Waals surface area contributed by atoms with E-state index in [1.165, 1.54) is 18.4 Å². The average Bonchev–Trinajstić information content (AvgIpc) is 2.66. The molecule has 3 aliphatic rings. The molecule has 2 heterocycles. The van der Waals surface area contributed by atoms with Crippen molar-refractivity contribution < 1.29 is 14.2 Å². The largest absolute Gasteiger partial charge is 0.493 e. The Hall–Kier alpha value is -1.59. The maximum absolute atomic E-state index is 11.8. The van der Waals surface area contributed by atoms with Crippen LogP contribution in [0.3, 0.4) is 0 Å². The van der Waals surface area contributed by atoms with Crippen LogP contribution < -0.4 is 10.3 Å². The lowest BCUT2D eigenvalue weighted by Crippen LogP contribution is -2.54. The Kier molecular flexibility index (Phi) is 5.17. The van der Waals surface area contributed by atoms with Gasteiger partial charge < -0.3 is 18.8 Å². The smallest absolute Gasteiger partial charge is 0.253 e. The van der Waals surface area contributed by atoms with E-state index >= 15 is 0 Å². The van der Waals surface area contributed by atoms with E-state index < -0.39 is 0 Å². The number of rotatable bonds is 4. The van der Waals surface area contributed by atoms with E-state index in [-0.39, 0.29) is 11.0 Å². The number of ether oxygens (including phenoxy) is 3. The van der Waals surface area contributed by atoms with E-state index in [0.717, 1.165) is 25.9 Å². The van der Waals surface area contributed by atoms with Crippen LogP contribution in [-0.2, 0) is 16.5 Å². The minimum Gasteiger partial charge on any atom is -0.493 e. The zero-order chi connectivity index (χ0) is 19.0. The summed E-state index contributed by atoms with van der Waals surface area (Å²) in [7, 11) is 1.74. The zero-order valence-electron chi connectivity index (χ0n) is 16.5. The molecule has 5 unspecified atom stereocenters. The second kappa shape index (κ2) is 7.44. The molecule has 1 saturated heterocycles. The minimum absolute atomic E-state index is 0.0442. The molecule has 0 N–H and O–H groups in total. The third-order valence-corrected chi connectivity index (χ3v) is 7.30. The van der Waals surface area contributed by atoms with Crippen molar-refractivity contribution in [3.63, 3.8) is 0 Å². The molecule has 0 amide bonds. The number of fused-ring (bicyclic) bond motifs is 3. The Bertz CT molecular complexity index is 757. The van der Waals surface area contributed by atoms with E-state index in [4.69, 9.17) is 14.2 Å². The lowest BCUT2D eigenvalue weighted by molar-refractivity contribution is -0.218. The molecule has 148 valence electrons. The van der Waals surface area contributed by atoms with E-state index in [0.29, 0.717) is 43.0 Å². The molecule has 0 radical (unpaired) electrons. The van der Waals surface area contributed by atoms with Crippen LogP contribution in [-0.4, -0.2) is 30.7 Å². The van der Waals surface area contributed by atoms with Gasteiger partial charge in [-0.15, -0.1) is 0 Å². The van der Waals surface area contributed by atoms with Gasteiger partial charge in [0.1, 0.15) is 12.5 Å². The van der Waals surface area contributed by atoms with Gasteiger partial charge in [-0.05, 0) is 55.4 Å². The molecule has 0 spiro atoms. The van der Waals surface area contributed by atoms with Gasteiger partial charge in [0, 0.05) is 25.2 Å². The van der Waals surface area contributed by atoms with Gasteiger partial charge in [0.2, 0.25) is 0 Å². The normalized spacial score (nSPS) is 36.0. The van der Waals surface area contributed by atoms with Crippen LogP contribution in [0.4, 0.5) is 0 Å². The van der Waals surface area contributed by atoms with E-state index in [2.05, 4.69) is 13.5 Å². The highest BCUT2D eigenvalue weighted by Crippen LogP contribution is 2.58. The summed E-state index contributed by atoms with van der Waals surface area (Å²) in [5, 5.41) is 0. The summed E-state index contributed by atoms with van der Waals surface area (Å²) in [5.41, 5.74) is 1.55. The second-order valence-corrected chi connectivity index (χ2v) is 8.71. The first-order valence-corrected chi connectivity index (χ1v) is 10.2. The van der Waals surface area contributed by atoms with Gasteiger partial charge in [0.15, 0.2) is 0 Å². The summed E-state index contributed by atoms with van der Waals surface area (Å²) < 4.78 is 19.0. The van der Waals surface area contributed by atoms with Crippen molar-refractivity contribution in [3.05, 3.63) is 40.8 Å². The summed E-state index contributed by atoms with van der Waals surface area (Å²) >= 11 is 0. The Labute approximate surface area is 161 Å². The molecule has 4 rings (SSSR count). The molecule has 1 aliphatic heterocycles. The number of hydrogen-bond donors (Lipinski definition) is 0. The molecule has 3 fully saturated rings. The first-order chi connectivity index (χ1) is 13.0. The van der Waals surface area contributed by atoms with E-state index in [1.807, 2.05) is 6.07 Å². The minimum atomic E-state index is -0.0442. The molecule has 0 aromatic carbocycles. The highest BCUT2D eigenvalue weighted by molar-refractivity contribution is 5.19. The fourth-order valence-corrected chi connectivity index (χ4v) is 5.76. The molecular formula is C22H31NO4. The summed E-state index contributed by atoms with van der Waals surface area (Å²) in [6.07, 6.45) is 7.61. The molecule has 5 nitrogen and oxygen atoms in total. The standard InChI is InChI=1S/C22H31NO4/c1-15-4-5-19-17-13-25-14-27-20(17)6-9-22(19,2)18(15)8-11-26-16-7-10-23(3)21(24)12-16/h7,10,12,17-20H,1,4-6,8-9,11,13-14H2,2-3H3. The van der Waals surface area contributed by atoms with Crippen LogP contribution in [0.5, 0.6) is 5.75 Å². The predicted molar refractivity (Wildman–Crippen MR) is 104 cm³/mol. The second-order valence-electron chi connectivity index (χ2n) is 8.71. The quantitative estimate of drug-likeness (QED) is 0.758. The highest BCUT2D eigenvalue weighted by atomic mass is 16.7. The lowest BCUT2D eigenvalue weighted by atomic mass is 9.50. The van der Waals surface area contributed by atoms with Gasteiger partial charge >= 0.3 is 0 Å². The molecule has 1 aromatic rings. The van der Waals surface area contributed by atoms with Crippen molar-refractivity contribution in [2.75, 3.05) is 20.0 Å². The summed E-state index contributed by atoms with van der Waals surface area (Å²) in [5.74, 6) is 2.23. The maximum atomic E-state index is 11.8. The topological polar surface area (TPSA) is 49.7 Å². The molecule has 5 heteroatoms. The van der Waals surface area contributed by atoms with Crippen molar-refractivity contribution in [1.29, 1.82) is 0 Å². The van der Waals surface area contributed by atoms with Gasteiger partial charge in [0.25, 0.3) is 5.56 Å². The fourth-order valence-electron chi connectivity index (χ4n) is 5.76. The fraction of sp³-hybridized carbons (Fsp3) is 0.682.